The van der Waals surface area contributed by atoms with Gasteiger partial charge in [-0.25, -0.2) is 0 Å². The van der Waals surface area contributed by atoms with Gasteiger partial charge in [0, 0.05) is 19.1 Å². The first kappa shape index (κ1) is 16.6. The molecule has 0 bridgehead atoms. The Balaban J connectivity index is 2.68. The van der Waals surface area contributed by atoms with Crippen molar-refractivity contribution in [2.24, 2.45) is 5.73 Å². The number of carbonyl (C=O) groups excluding carboxylic acids is 1. The van der Waals surface area contributed by atoms with Crippen LogP contribution < -0.4 is 5.73 Å². The first-order valence-corrected chi connectivity index (χ1v) is 6.75. The molecule has 0 saturated heterocycles. The second-order valence-electron chi connectivity index (χ2n) is 5.06. The number of benzene rings is 1. The lowest BCUT2D eigenvalue weighted by atomic mass is 10.1. The van der Waals surface area contributed by atoms with Crippen molar-refractivity contribution in [2.45, 2.75) is 32.5 Å². The van der Waals surface area contributed by atoms with Crippen molar-refractivity contribution in [3.05, 3.63) is 35.4 Å². The molecule has 5 nitrogen and oxygen atoms in total. The van der Waals surface area contributed by atoms with Crippen molar-refractivity contribution >= 4 is 5.97 Å². The number of aliphatic hydroxyl groups excluding tert-OH is 1. The van der Waals surface area contributed by atoms with Crippen LogP contribution in [-0.4, -0.2) is 42.2 Å². The van der Waals surface area contributed by atoms with E-state index in [1.807, 2.05) is 43.0 Å². The van der Waals surface area contributed by atoms with E-state index in [1.54, 1.807) is 0 Å². The van der Waals surface area contributed by atoms with E-state index < -0.39 is 6.10 Å². The maximum absolute atomic E-state index is 11.4. The first-order chi connectivity index (χ1) is 9.47. The maximum Gasteiger partial charge on any atom is 0.319 e. The fourth-order valence-corrected chi connectivity index (χ4v) is 1.89. The normalized spacial score (nSPS) is 12.8. The average molecular weight is 280 g/mol. The van der Waals surface area contributed by atoms with E-state index in [0.717, 1.165) is 11.1 Å². The van der Waals surface area contributed by atoms with Crippen LogP contribution in [0.2, 0.25) is 0 Å². The number of hydrogen-bond acceptors (Lipinski definition) is 5. The molecule has 0 heterocycles. The van der Waals surface area contributed by atoms with Crippen LogP contribution in [0.4, 0.5) is 0 Å². The molecule has 3 N–H and O–H groups in total. The second-order valence-corrected chi connectivity index (χ2v) is 5.06. The Morgan fingerprint density at radius 1 is 1.35 bits per heavy atom. The highest BCUT2D eigenvalue weighted by Gasteiger charge is 2.19. The Morgan fingerprint density at radius 3 is 2.40 bits per heavy atom. The van der Waals surface area contributed by atoms with Gasteiger partial charge < -0.3 is 15.6 Å². The summed E-state index contributed by atoms with van der Waals surface area (Å²) in [4.78, 5) is 13.3. The number of esters is 1. The van der Waals surface area contributed by atoms with Gasteiger partial charge in [0.2, 0.25) is 0 Å². The van der Waals surface area contributed by atoms with Gasteiger partial charge in [-0.3, -0.25) is 9.69 Å². The van der Waals surface area contributed by atoms with Gasteiger partial charge in [0.05, 0.1) is 19.8 Å². The van der Waals surface area contributed by atoms with Crippen LogP contribution in [0.5, 0.6) is 0 Å². The molecule has 1 aromatic carbocycles. The van der Waals surface area contributed by atoms with Crippen LogP contribution in [0.25, 0.3) is 0 Å². The number of nitrogens with zero attached hydrogens (tertiary/aromatic N) is 1. The number of methoxy groups -OCH3 is 1. The summed E-state index contributed by atoms with van der Waals surface area (Å²) in [6.45, 7) is 5.00. The maximum atomic E-state index is 11.4. The van der Waals surface area contributed by atoms with Gasteiger partial charge in [-0.1, -0.05) is 24.3 Å². The second kappa shape index (κ2) is 7.99. The first-order valence-electron chi connectivity index (χ1n) is 6.75. The minimum atomic E-state index is -0.645. The van der Waals surface area contributed by atoms with E-state index in [1.165, 1.54) is 7.11 Å². The molecule has 20 heavy (non-hydrogen) atoms. The smallest absolute Gasteiger partial charge is 0.319 e. The molecule has 0 fully saturated rings. The van der Waals surface area contributed by atoms with Gasteiger partial charge in [0.15, 0.2) is 0 Å². The molecule has 0 saturated carbocycles. The Kier molecular flexibility index (Phi) is 6.64. The molecule has 0 amide bonds. The number of carbonyl (C=O) groups is 1. The van der Waals surface area contributed by atoms with Crippen molar-refractivity contribution in [3.8, 4) is 0 Å². The molecule has 0 radical (unpaired) electrons. The van der Waals surface area contributed by atoms with E-state index in [9.17, 15) is 9.90 Å². The zero-order chi connectivity index (χ0) is 15.1. The van der Waals surface area contributed by atoms with E-state index in [-0.39, 0.29) is 18.6 Å². The Labute approximate surface area is 120 Å². The molecule has 1 atom stereocenters. The van der Waals surface area contributed by atoms with Crippen molar-refractivity contribution < 1.29 is 14.6 Å². The molecule has 1 aromatic rings. The summed E-state index contributed by atoms with van der Waals surface area (Å²) in [5, 5.41) is 10.3. The summed E-state index contributed by atoms with van der Waals surface area (Å²) < 4.78 is 4.67. The van der Waals surface area contributed by atoms with E-state index in [4.69, 9.17) is 5.73 Å². The zero-order valence-corrected chi connectivity index (χ0v) is 12.4. The van der Waals surface area contributed by atoms with Crippen molar-refractivity contribution in [3.63, 3.8) is 0 Å². The summed E-state index contributed by atoms with van der Waals surface area (Å²) in [6.07, 6.45) is -0.645. The van der Waals surface area contributed by atoms with Crippen molar-refractivity contribution in [2.75, 3.05) is 20.2 Å². The molecule has 0 aromatic heterocycles. The lowest BCUT2D eigenvalue weighted by molar-refractivity contribution is -0.142. The Morgan fingerprint density at radius 2 is 1.95 bits per heavy atom. The summed E-state index contributed by atoms with van der Waals surface area (Å²) in [7, 11) is 1.36. The fraction of sp³-hybridized carbons (Fsp3) is 0.533. The zero-order valence-electron chi connectivity index (χ0n) is 12.4. The highest BCUT2D eigenvalue weighted by atomic mass is 16.5. The van der Waals surface area contributed by atoms with Gasteiger partial charge in [-0.15, -0.1) is 0 Å². The third-order valence-electron chi connectivity index (χ3n) is 3.30. The van der Waals surface area contributed by atoms with Crippen LogP contribution in [0, 0.1) is 0 Å². The molecule has 0 spiro atoms. The van der Waals surface area contributed by atoms with Crippen LogP contribution >= 0.6 is 0 Å². The molecular formula is C15H24N2O3. The number of aliphatic hydroxyl groups is 1. The highest BCUT2D eigenvalue weighted by Crippen LogP contribution is 2.16. The van der Waals surface area contributed by atoms with Gasteiger partial charge in [-0.2, -0.15) is 0 Å². The van der Waals surface area contributed by atoms with Gasteiger partial charge in [-0.05, 0) is 25.0 Å². The average Bonchev–Trinajstić information content (AvgIpc) is 2.46. The standard InChI is InChI=1S/C15H24N2O3/c1-11(2)17(10-15(19)20-3)9-14(18)13-6-4-12(8-16)5-7-13/h4-7,11,14,18H,8-10,16H2,1-3H3. The van der Waals surface area contributed by atoms with Gasteiger partial charge >= 0.3 is 5.97 Å². The monoisotopic (exact) mass is 280 g/mol. The highest BCUT2D eigenvalue weighted by molar-refractivity contribution is 5.71. The summed E-state index contributed by atoms with van der Waals surface area (Å²) in [5.74, 6) is -0.302. The summed E-state index contributed by atoms with van der Waals surface area (Å²) >= 11 is 0. The number of nitrogens with two attached hydrogens (primary N) is 1. The lowest BCUT2D eigenvalue weighted by Crippen LogP contribution is -2.39. The van der Waals surface area contributed by atoms with Crippen LogP contribution in [0.15, 0.2) is 24.3 Å². The number of hydrogen-bond donors (Lipinski definition) is 2. The Bertz CT molecular complexity index is 418. The van der Waals surface area contributed by atoms with Crippen LogP contribution in [0.3, 0.4) is 0 Å². The van der Waals surface area contributed by atoms with Crippen LogP contribution in [-0.2, 0) is 16.1 Å². The molecule has 1 unspecified atom stereocenters. The molecular weight excluding hydrogens is 256 g/mol. The van der Waals surface area contributed by atoms with Gasteiger partial charge in [0.1, 0.15) is 0 Å². The third-order valence-corrected chi connectivity index (χ3v) is 3.30. The largest absolute Gasteiger partial charge is 0.468 e. The van der Waals surface area contributed by atoms with Gasteiger partial charge in [0.25, 0.3) is 0 Å². The van der Waals surface area contributed by atoms with E-state index in [0.29, 0.717) is 13.1 Å². The summed E-state index contributed by atoms with van der Waals surface area (Å²) in [5.41, 5.74) is 7.39. The molecule has 5 heteroatoms. The predicted molar refractivity (Wildman–Crippen MR) is 78.0 cm³/mol. The quantitative estimate of drug-likeness (QED) is 0.731. The predicted octanol–water partition coefficient (Wildman–Crippen LogP) is 1.06. The molecule has 0 aliphatic carbocycles. The van der Waals surface area contributed by atoms with Crippen molar-refractivity contribution in [1.82, 2.24) is 4.90 Å². The Hall–Kier alpha value is -1.43. The molecule has 112 valence electrons. The van der Waals surface area contributed by atoms with E-state index >= 15 is 0 Å². The molecule has 1 rings (SSSR count). The fourth-order valence-electron chi connectivity index (χ4n) is 1.89. The van der Waals surface area contributed by atoms with E-state index in [2.05, 4.69) is 4.74 Å². The minimum Gasteiger partial charge on any atom is -0.468 e. The minimum absolute atomic E-state index is 0.145. The van der Waals surface area contributed by atoms with Crippen molar-refractivity contribution in [1.29, 1.82) is 0 Å². The number of ether oxygens (including phenoxy) is 1. The number of rotatable bonds is 7. The summed E-state index contributed by atoms with van der Waals surface area (Å²) in [6, 6.07) is 7.68. The molecule has 0 aliphatic rings. The third kappa shape index (κ3) is 4.92. The van der Waals surface area contributed by atoms with Crippen LogP contribution in [0.1, 0.15) is 31.1 Å². The molecule has 0 aliphatic heterocycles. The lowest BCUT2D eigenvalue weighted by Gasteiger charge is -2.27. The topological polar surface area (TPSA) is 75.8 Å². The SMILES string of the molecule is COC(=O)CN(CC(O)c1ccc(CN)cc1)C(C)C.